The zero-order chi connectivity index (χ0) is 19.9. The van der Waals surface area contributed by atoms with Crippen molar-refractivity contribution in [2.24, 2.45) is 7.05 Å². The molecular formula is C21H26N4O3. The lowest BCUT2D eigenvalue weighted by atomic mass is 9.89. The quantitative estimate of drug-likeness (QED) is 0.854. The number of amides is 2. The summed E-state index contributed by atoms with van der Waals surface area (Å²) in [7, 11) is 1.86. The Kier molecular flexibility index (Phi) is 4.61. The molecule has 0 radical (unpaired) electrons. The number of carbonyl (C=O) groups is 2. The second-order valence-corrected chi connectivity index (χ2v) is 8.03. The maximum absolute atomic E-state index is 12.9. The highest BCUT2D eigenvalue weighted by atomic mass is 16.5. The molecule has 1 aromatic heterocycles. The number of aromatic nitrogens is 2. The Morgan fingerprint density at radius 1 is 1.43 bits per heavy atom. The van der Waals surface area contributed by atoms with Gasteiger partial charge in [0.15, 0.2) is 5.78 Å². The van der Waals surface area contributed by atoms with E-state index in [9.17, 15) is 9.59 Å². The van der Waals surface area contributed by atoms with Crippen LogP contribution >= 0.6 is 0 Å². The second kappa shape index (κ2) is 6.96. The molecule has 1 aliphatic heterocycles. The van der Waals surface area contributed by atoms with Crippen LogP contribution in [0.4, 0.5) is 10.5 Å². The number of aryl methyl sites for hydroxylation is 1. The van der Waals surface area contributed by atoms with Gasteiger partial charge in [-0.1, -0.05) is 6.92 Å². The van der Waals surface area contributed by atoms with Crippen LogP contribution in [0, 0.1) is 0 Å². The van der Waals surface area contributed by atoms with Crippen LogP contribution in [-0.2, 0) is 13.6 Å². The summed E-state index contributed by atoms with van der Waals surface area (Å²) in [4.78, 5) is 27.3. The van der Waals surface area contributed by atoms with Gasteiger partial charge >= 0.3 is 6.03 Å². The average molecular weight is 382 g/mol. The SMILES string of the molecule is CC[C@]1(C)CC(=O)c2cc(NC(=O)N(Cc3cnn(C)c3)C3CC3)ccc2O1. The van der Waals surface area contributed by atoms with Crippen molar-refractivity contribution in [1.29, 1.82) is 0 Å². The first-order valence-corrected chi connectivity index (χ1v) is 9.78. The zero-order valence-corrected chi connectivity index (χ0v) is 16.6. The zero-order valence-electron chi connectivity index (χ0n) is 16.6. The van der Waals surface area contributed by atoms with E-state index in [0.29, 0.717) is 30.0 Å². The number of nitrogens with zero attached hydrogens (tertiary/aromatic N) is 3. The van der Waals surface area contributed by atoms with Gasteiger partial charge in [0, 0.05) is 30.5 Å². The number of ketones is 1. The molecule has 7 nitrogen and oxygen atoms in total. The van der Waals surface area contributed by atoms with E-state index in [1.54, 1.807) is 29.1 Å². The Balaban J connectivity index is 1.50. The van der Waals surface area contributed by atoms with Crippen molar-refractivity contribution in [3.8, 4) is 5.75 Å². The first-order chi connectivity index (χ1) is 13.4. The van der Waals surface area contributed by atoms with Gasteiger partial charge in [0.05, 0.1) is 24.7 Å². The first kappa shape index (κ1) is 18.5. The van der Waals surface area contributed by atoms with E-state index in [4.69, 9.17) is 4.74 Å². The predicted molar refractivity (Wildman–Crippen MR) is 106 cm³/mol. The molecule has 2 heterocycles. The Morgan fingerprint density at radius 2 is 2.21 bits per heavy atom. The van der Waals surface area contributed by atoms with E-state index in [0.717, 1.165) is 24.8 Å². The number of hydrogen-bond acceptors (Lipinski definition) is 4. The summed E-state index contributed by atoms with van der Waals surface area (Å²) in [5, 5.41) is 7.12. The number of urea groups is 1. The molecule has 4 rings (SSSR count). The largest absolute Gasteiger partial charge is 0.486 e. The number of fused-ring (bicyclic) bond motifs is 1. The molecule has 1 aliphatic carbocycles. The Bertz CT molecular complexity index is 918. The smallest absolute Gasteiger partial charge is 0.322 e. The second-order valence-electron chi connectivity index (χ2n) is 8.03. The highest BCUT2D eigenvalue weighted by Crippen LogP contribution is 2.36. The number of carbonyl (C=O) groups excluding carboxylic acids is 2. The van der Waals surface area contributed by atoms with Gasteiger partial charge in [-0.2, -0.15) is 5.10 Å². The van der Waals surface area contributed by atoms with Crippen molar-refractivity contribution in [3.63, 3.8) is 0 Å². The minimum atomic E-state index is -0.457. The molecule has 28 heavy (non-hydrogen) atoms. The predicted octanol–water partition coefficient (Wildman–Crippen LogP) is 3.75. The summed E-state index contributed by atoms with van der Waals surface area (Å²) in [5.41, 5.74) is 1.69. The molecule has 7 heteroatoms. The molecule has 148 valence electrons. The lowest BCUT2D eigenvalue weighted by molar-refractivity contribution is 0.0499. The normalized spacial score (nSPS) is 21.0. The third-order valence-electron chi connectivity index (χ3n) is 5.53. The van der Waals surface area contributed by atoms with Gasteiger partial charge in [0.1, 0.15) is 11.4 Å². The monoisotopic (exact) mass is 382 g/mol. The van der Waals surface area contributed by atoms with E-state index in [-0.39, 0.29) is 17.9 Å². The van der Waals surface area contributed by atoms with Crippen LogP contribution in [0.5, 0.6) is 5.75 Å². The lowest BCUT2D eigenvalue weighted by Gasteiger charge is -2.34. The topological polar surface area (TPSA) is 76.5 Å². The van der Waals surface area contributed by atoms with E-state index < -0.39 is 5.60 Å². The van der Waals surface area contributed by atoms with E-state index in [1.165, 1.54) is 0 Å². The van der Waals surface area contributed by atoms with Crippen molar-refractivity contribution < 1.29 is 14.3 Å². The van der Waals surface area contributed by atoms with Crippen molar-refractivity contribution >= 4 is 17.5 Å². The van der Waals surface area contributed by atoms with Crippen molar-refractivity contribution in [2.45, 2.75) is 57.7 Å². The molecule has 2 aromatic rings. The highest BCUT2D eigenvalue weighted by Gasteiger charge is 2.36. The van der Waals surface area contributed by atoms with Crippen LogP contribution in [-0.4, -0.2) is 38.1 Å². The summed E-state index contributed by atoms with van der Waals surface area (Å²) in [6, 6.07) is 5.39. The van der Waals surface area contributed by atoms with Crippen molar-refractivity contribution in [1.82, 2.24) is 14.7 Å². The summed E-state index contributed by atoms with van der Waals surface area (Å²) in [6.07, 6.45) is 6.84. The molecular weight excluding hydrogens is 356 g/mol. The number of anilines is 1. The molecule has 1 atom stereocenters. The molecule has 0 spiro atoms. The molecule has 1 fully saturated rings. The van der Waals surface area contributed by atoms with Crippen molar-refractivity contribution in [2.75, 3.05) is 5.32 Å². The molecule has 0 bridgehead atoms. The number of rotatable bonds is 5. The minimum Gasteiger partial charge on any atom is -0.486 e. The van der Waals surface area contributed by atoms with E-state index in [1.807, 2.05) is 32.0 Å². The number of nitrogens with one attached hydrogen (secondary N) is 1. The Hall–Kier alpha value is -2.83. The molecule has 1 saturated carbocycles. The summed E-state index contributed by atoms with van der Waals surface area (Å²) < 4.78 is 7.76. The Morgan fingerprint density at radius 3 is 2.86 bits per heavy atom. The number of Topliss-reactive ketones (excluding diaryl/α,β-unsaturated/α-hetero) is 1. The van der Waals surface area contributed by atoms with Gasteiger partial charge in [-0.3, -0.25) is 9.48 Å². The van der Waals surface area contributed by atoms with Crippen LogP contribution in [0.1, 0.15) is 55.5 Å². The number of hydrogen-bond donors (Lipinski definition) is 1. The van der Waals surface area contributed by atoms with Gasteiger partial charge in [-0.15, -0.1) is 0 Å². The highest BCUT2D eigenvalue weighted by molar-refractivity contribution is 6.02. The maximum atomic E-state index is 12.9. The fraction of sp³-hybridized carbons (Fsp3) is 0.476. The fourth-order valence-electron chi connectivity index (χ4n) is 3.55. The molecule has 1 N–H and O–H groups in total. The van der Waals surface area contributed by atoms with Gasteiger partial charge in [-0.25, -0.2) is 4.79 Å². The molecule has 1 aromatic carbocycles. The van der Waals surface area contributed by atoms with Crippen molar-refractivity contribution in [3.05, 3.63) is 41.7 Å². The third-order valence-corrected chi connectivity index (χ3v) is 5.53. The van der Waals surface area contributed by atoms with Crippen LogP contribution in [0.15, 0.2) is 30.6 Å². The van der Waals surface area contributed by atoms with E-state index in [2.05, 4.69) is 10.4 Å². The van der Waals surface area contributed by atoms with Gasteiger partial charge in [0.2, 0.25) is 0 Å². The summed E-state index contributed by atoms with van der Waals surface area (Å²) in [6.45, 7) is 4.49. The molecule has 2 aliphatic rings. The Labute approximate surface area is 164 Å². The first-order valence-electron chi connectivity index (χ1n) is 9.78. The minimum absolute atomic E-state index is 0.0520. The van der Waals surface area contributed by atoms with Gasteiger partial charge in [-0.05, 0) is 44.4 Å². The van der Waals surface area contributed by atoms with Gasteiger partial charge < -0.3 is 15.0 Å². The lowest BCUT2D eigenvalue weighted by Crippen LogP contribution is -2.38. The van der Waals surface area contributed by atoms with Crippen LogP contribution in [0.25, 0.3) is 0 Å². The third kappa shape index (κ3) is 3.74. The standard InChI is InChI=1S/C21H26N4O3/c1-4-21(2)10-18(26)17-9-15(5-8-19(17)28-21)23-20(27)25(16-6-7-16)13-14-11-22-24(3)12-14/h5,8-9,11-12,16H,4,6-7,10,13H2,1-3H3,(H,23,27)/t21-/m1/s1. The molecule has 0 unspecified atom stereocenters. The average Bonchev–Trinajstić information content (AvgIpc) is 3.42. The van der Waals surface area contributed by atoms with E-state index >= 15 is 0 Å². The summed E-state index contributed by atoms with van der Waals surface area (Å²) in [5.74, 6) is 0.643. The number of benzene rings is 1. The van der Waals surface area contributed by atoms with Crippen LogP contribution in [0.2, 0.25) is 0 Å². The molecule has 2 amide bonds. The summed E-state index contributed by atoms with van der Waals surface area (Å²) >= 11 is 0. The van der Waals surface area contributed by atoms with Crippen LogP contribution in [0.3, 0.4) is 0 Å². The molecule has 0 saturated heterocycles. The van der Waals surface area contributed by atoms with Gasteiger partial charge in [0.25, 0.3) is 0 Å². The van der Waals surface area contributed by atoms with Crippen LogP contribution < -0.4 is 10.1 Å². The fourth-order valence-corrected chi connectivity index (χ4v) is 3.55. The number of ether oxygens (including phenoxy) is 1. The maximum Gasteiger partial charge on any atom is 0.322 e.